The van der Waals surface area contributed by atoms with Crippen molar-refractivity contribution >= 4 is 0 Å². The Kier molecular flexibility index (Phi) is 6.55. The largest absolute Gasteiger partial charge is 0.0654 e. The molecule has 0 saturated heterocycles. The molecule has 0 spiro atoms. The molecule has 150 valence electrons. The Labute approximate surface area is 172 Å². The fourth-order valence-electron chi connectivity index (χ4n) is 6.06. The van der Waals surface area contributed by atoms with E-state index in [9.17, 15) is 0 Å². The van der Waals surface area contributed by atoms with Crippen LogP contribution in [0.15, 0.2) is 48.5 Å². The highest BCUT2D eigenvalue weighted by molar-refractivity contribution is 5.64. The lowest BCUT2D eigenvalue weighted by atomic mass is 9.63. The molecule has 0 heterocycles. The summed E-state index contributed by atoms with van der Waals surface area (Å²) in [6.07, 6.45) is 14.1. The number of benzene rings is 2. The first kappa shape index (κ1) is 19.7. The number of hydrogen-bond donors (Lipinski definition) is 0. The minimum Gasteiger partial charge on any atom is -0.0654 e. The van der Waals surface area contributed by atoms with E-state index in [1.807, 2.05) is 0 Å². The molecule has 2 fully saturated rings. The van der Waals surface area contributed by atoms with Gasteiger partial charge in [0.1, 0.15) is 0 Å². The molecule has 2 aliphatic carbocycles. The van der Waals surface area contributed by atoms with Crippen LogP contribution < -0.4 is 0 Å². The van der Waals surface area contributed by atoms with E-state index < -0.39 is 0 Å². The molecule has 0 aliphatic heterocycles. The molecule has 0 N–H and O–H groups in total. The topological polar surface area (TPSA) is 0 Å². The number of aryl methyl sites for hydroxylation is 1. The van der Waals surface area contributed by atoms with Crippen molar-refractivity contribution in [3.63, 3.8) is 0 Å². The second-order valence-electron chi connectivity index (χ2n) is 9.57. The van der Waals surface area contributed by atoms with E-state index in [0.717, 1.165) is 23.7 Å². The van der Waals surface area contributed by atoms with Crippen LogP contribution in [-0.2, 0) is 6.42 Å². The highest BCUT2D eigenvalue weighted by atomic mass is 14.4. The summed E-state index contributed by atoms with van der Waals surface area (Å²) in [4.78, 5) is 0. The van der Waals surface area contributed by atoms with Crippen molar-refractivity contribution in [2.45, 2.75) is 84.0 Å². The Morgan fingerprint density at radius 2 is 1.32 bits per heavy atom. The summed E-state index contributed by atoms with van der Waals surface area (Å²) in [7, 11) is 0. The average molecular weight is 375 g/mol. The Bertz CT molecular complexity index is 724. The van der Waals surface area contributed by atoms with Gasteiger partial charge in [0.25, 0.3) is 0 Å². The van der Waals surface area contributed by atoms with Gasteiger partial charge < -0.3 is 0 Å². The van der Waals surface area contributed by atoms with Crippen molar-refractivity contribution in [3.8, 4) is 11.1 Å². The van der Waals surface area contributed by atoms with Gasteiger partial charge in [-0.2, -0.15) is 0 Å². The summed E-state index contributed by atoms with van der Waals surface area (Å²) < 4.78 is 0. The first-order valence-electron chi connectivity index (χ1n) is 12.0. The molecule has 4 atom stereocenters. The van der Waals surface area contributed by atoms with Crippen LogP contribution >= 0.6 is 0 Å². The molecule has 0 heteroatoms. The van der Waals surface area contributed by atoms with E-state index >= 15 is 0 Å². The summed E-state index contributed by atoms with van der Waals surface area (Å²) in [5.74, 6) is 3.86. The quantitative estimate of drug-likeness (QED) is 0.476. The lowest BCUT2D eigenvalue weighted by Gasteiger charge is -2.42. The van der Waals surface area contributed by atoms with Gasteiger partial charge in [0.2, 0.25) is 0 Å². The lowest BCUT2D eigenvalue weighted by molar-refractivity contribution is 0.114. The first-order valence-corrected chi connectivity index (χ1v) is 12.0. The normalized spacial score (nSPS) is 27.4. The Morgan fingerprint density at radius 1 is 0.679 bits per heavy atom. The molecule has 2 aliphatic rings. The second kappa shape index (κ2) is 9.29. The van der Waals surface area contributed by atoms with Gasteiger partial charge >= 0.3 is 0 Å². The van der Waals surface area contributed by atoms with Crippen molar-refractivity contribution in [2.75, 3.05) is 0 Å². The summed E-state index contributed by atoms with van der Waals surface area (Å²) in [6, 6.07) is 18.7. The maximum Gasteiger partial charge on any atom is -0.0159 e. The molecule has 28 heavy (non-hydrogen) atoms. The van der Waals surface area contributed by atoms with Gasteiger partial charge in [-0.25, -0.2) is 0 Å². The maximum absolute atomic E-state index is 2.42. The molecule has 0 bridgehead atoms. The zero-order valence-electron chi connectivity index (χ0n) is 18.0. The van der Waals surface area contributed by atoms with Gasteiger partial charge in [0, 0.05) is 0 Å². The van der Waals surface area contributed by atoms with Gasteiger partial charge in [-0.05, 0) is 84.5 Å². The number of fused-ring (bicyclic) bond motifs is 1. The SMILES string of the molecule is CCCc1ccc(-c2ccc([C@@H]3CC[C@@H]4CC(CCC)CC[C@@H]4C3)cc2)cc1. The van der Waals surface area contributed by atoms with Crippen LogP contribution in [0.5, 0.6) is 0 Å². The molecule has 0 amide bonds. The first-order chi connectivity index (χ1) is 13.8. The van der Waals surface area contributed by atoms with Gasteiger partial charge in [-0.15, -0.1) is 0 Å². The molecule has 2 aromatic rings. The predicted octanol–water partition coefficient (Wildman–Crippen LogP) is 8.41. The van der Waals surface area contributed by atoms with E-state index in [1.165, 1.54) is 80.9 Å². The zero-order valence-corrected chi connectivity index (χ0v) is 18.0. The van der Waals surface area contributed by atoms with E-state index in [0.29, 0.717) is 0 Å². The smallest absolute Gasteiger partial charge is 0.0159 e. The van der Waals surface area contributed by atoms with Crippen LogP contribution in [0.4, 0.5) is 0 Å². The molecule has 0 radical (unpaired) electrons. The van der Waals surface area contributed by atoms with Gasteiger partial charge in [0.05, 0.1) is 0 Å². The van der Waals surface area contributed by atoms with E-state index in [4.69, 9.17) is 0 Å². The third kappa shape index (κ3) is 4.53. The number of rotatable bonds is 6. The molecule has 4 rings (SSSR count). The Hall–Kier alpha value is -1.56. The molecule has 2 aromatic carbocycles. The summed E-state index contributed by atoms with van der Waals surface area (Å²) in [5.41, 5.74) is 5.75. The van der Waals surface area contributed by atoms with Gasteiger partial charge in [0.15, 0.2) is 0 Å². The summed E-state index contributed by atoms with van der Waals surface area (Å²) in [6.45, 7) is 4.60. The summed E-state index contributed by atoms with van der Waals surface area (Å²) >= 11 is 0. The van der Waals surface area contributed by atoms with Crippen LogP contribution in [-0.4, -0.2) is 0 Å². The fourth-order valence-corrected chi connectivity index (χ4v) is 6.06. The van der Waals surface area contributed by atoms with Gasteiger partial charge in [-0.3, -0.25) is 0 Å². The molecule has 1 unspecified atom stereocenters. The average Bonchev–Trinajstić information content (AvgIpc) is 2.75. The van der Waals surface area contributed by atoms with E-state index in [-0.39, 0.29) is 0 Å². The third-order valence-corrected chi connectivity index (χ3v) is 7.63. The van der Waals surface area contributed by atoms with Crippen LogP contribution in [0.25, 0.3) is 11.1 Å². The highest BCUT2D eigenvalue weighted by Gasteiger charge is 2.35. The van der Waals surface area contributed by atoms with E-state index in [1.54, 1.807) is 5.56 Å². The highest BCUT2D eigenvalue weighted by Crippen LogP contribution is 2.48. The predicted molar refractivity (Wildman–Crippen MR) is 122 cm³/mol. The zero-order chi connectivity index (χ0) is 19.3. The maximum atomic E-state index is 2.42. The van der Waals surface area contributed by atoms with Crippen molar-refractivity contribution in [2.24, 2.45) is 17.8 Å². The molecule has 0 nitrogen and oxygen atoms in total. The van der Waals surface area contributed by atoms with E-state index in [2.05, 4.69) is 62.4 Å². The van der Waals surface area contributed by atoms with Crippen LogP contribution in [0, 0.1) is 17.8 Å². The van der Waals surface area contributed by atoms with Crippen LogP contribution in [0.1, 0.15) is 88.7 Å². The van der Waals surface area contributed by atoms with Crippen molar-refractivity contribution < 1.29 is 0 Å². The molecule has 2 saturated carbocycles. The fraction of sp³-hybridized carbons (Fsp3) is 0.571. The minimum atomic E-state index is 0.796. The standard InChI is InChI=1S/C28H38/c1-3-5-21-7-10-23(11-8-21)24-13-15-25(16-14-24)27-18-17-26-19-22(6-4-2)9-12-28(26)20-27/h7-8,10-11,13-16,22,26-28H,3-6,9,12,17-20H2,1-2H3/t22?,26-,27-,28-/m1/s1. The molecule has 0 aromatic heterocycles. The molecular weight excluding hydrogens is 336 g/mol. The van der Waals surface area contributed by atoms with Crippen molar-refractivity contribution in [1.29, 1.82) is 0 Å². The van der Waals surface area contributed by atoms with Crippen molar-refractivity contribution in [1.82, 2.24) is 0 Å². The Balaban J connectivity index is 1.38. The third-order valence-electron chi connectivity index (χ3n) is 7.63. The van der Waals surface area contributed by atoms with Crippen molar-refractivity contribution in [3.05, 3.63) is 59.7 Å². The minimum absolute atomic E-state index is 0.796. The molecular formula is C28H38. The van der Waals surface area contributed by atoms with Crippen LogP contribution in [0.3, 0.4) is 0 Å². The lowest BCUT2D eigenvalue weighted by Crippen LogP contribution is -2.30. The second-order valence-corrected chi connectivity index (χ2v) is 9.57. The van der Waals surface area contributed by atoms with Gasteiger partial charge in [-0.1, -0.05) is 88.1 Å². The van der Waals surface area contributed by atoms with Crippen LogP contribution in [0.2, 0.25) is 0 Å². The summed E-state index contributed by atoms with van der Waals surface area (Å²) in [5, 5.41) is 0. The number of hydrogen-bond acceptors (Lipinski definition) is 0. The monoisotopic (exact) mass is 374 g/mol. The Morgan fingerprint density at radius 3 is 2.00 bits per heavy atom.